The van der Waals surface area contributed by atoms with Crippen molar-refractivity contribution in [1.82, 2.24) is 0 Å². The quantitative estimate of drug-likeness (QED) is 0.00670. The second kappa shape index (κ2) is 21.7. The van der Waals surface area contributed by atoms with Gasteiger partial charge in [0.1, 0.15) is 22.0 Å². The Labute approximate surface area is 392 Å². The second-order valence-electron chi connectivity index (χ2n) is 13.0. The van der Waals surface area contributed by atoms with E-state index >= 15 is 0 Å². The fourth-order valence-corrected chi connectivity index (χ4v) is 9.38. The van der Waals surface area contributed by atoms with Gasteiger partial charge in [0.05, 0.1) is 83.6 Å². The summed E-state index contributed by atoms with van der Waals surface area (Å²) in [5.74, 6) is -1.37. The highest BCUT2D eigenvalue weighted by Gasteiger charge is 2.26. The molecule has 0 spiro atoms. The first-order chi connectivity index (χ1) is 31.8. The molecule has 6 aromatic rings. The number of nitrogens with one attached hydrogen (secondary N) is 1. The highest BCUT2D eigenvalue weighted by molar-refractivity contribution is 7.94. The van der Waals surface area contributed by atoms with Crippen LogP contribution in [0.3, 0.4) is 0 Å². The maximum absolute atomic E-state index is 13.2. The normalized spacial score (nSPS) is 12.5. The van der Waals surface area contributed by atoms with Gasteiger partial charge < -0.3 is 22.3 Å². The number of nitrogens with zero attached hydrogens (tertiary/aromatic N) is 6. The van der Waals surface area contributed by atoms with E-state index in [1.165, 1.54) is 91.0 Å². The van der Waals surface area contributed by atoms with Crippen molar-refractivity contribution in [3.8, 4) is 5.75 Å². The summed E-state index contributed by atoms with van der Waals surface area (Å²) < 4.78 is 103. The Morgan fingerprint density at radius 3 is 1.84 bits per heavy atom. The fourth-order valence-electron chi connectivity index (χ4n) is 5.58. The molecule has 0 saturated carbocycles. The molecule has 0 aliphatic heterocycles. The molecule has 0 amide bonds. The van der Waals surface area contributed by atoms with Crippen molar-refractivity contribution in [3.05, 3.63) is 102 Å². The molecule has 25 nitrogen and oxygen atoms in total. The van der Waals surface area contributed by atoms with Gasteiger partial charge in [0.25, 0.3) is 20.1 Å². The Morgan fingerprint density at radius 1 is 0.672 bits per heavy atom. The van der Waals surface area contributed by atoms with Crippen LogP contribution in [0.15, 0.2) is 147 Å². The Morgan fingerprint density at radius 2 is 1.24 bits per heavy atom. The number of hydrogen-bond acceptors (Lipinski definition) is 25. The van der Waals surface area contributed by atoms with Crippen LogP contribution in [-0.4, -0.2) is 57.8 Å². The SMILES string of the molecule is Nc1cc(N)c(N=Nc2ccc(NS(=O)(=O)c3ccc(N=Nc4c(S(=O)(=O)O)cc5cc(SOOO)c(N=Nc6ccc(S(=O)(=O)CCOSOOO)cc6)c(N)c5c4O)cc3)cc2)cc1Cl. The Kier molecular flexibility index (Phi) is 16.3. The molecular weight excluding hydrogens is 1010 g/mol. The predicted molar refractivity (Wildman–Crippen MR) is 244 cm³/mol. The molecule has 31 heteroatoms. The van der Waals surface area contributed by atoms with Gasteiger partial charge in [0.2, 0.25) is 0 Å². The summed E-state index contributed by atoms with van der Waals surface area (Å²) in [4.78, 5) is -1.31. The Hall–Kier alpha value is -6.10. The van der Waals surface area contributed by atoms with Crippen molar-refractivity contribution in [2.45, 2.75) is 19.6 Å². The molecule has 352 valence electrons. The van der Waals surface area contributed by atoms with E-state index in [1.807, 2.05) is 0 Å². The van der Waals surface area contributed by atoms with E-state index in [2.05, 4.69) is 54.2 Å². The molecule has 0 aliphatic carbocycles. The number of nitrogen functional groups attached to an aromatic ring is 3. The fraction of sp³-hybridized carbons (Fsp3) is 0.0556. The van der Waals surface area contributed by atoms with E-state index in [1.54, 1.807) is 0 Å². The average molecular weight is 1040 g/mol. The molecule has 0 aliphatic rings. The van der Waals surface area contributed by atoms with Gasteiger partial charge in [-0.1, -0.05) is 21.7 Å². The molecule has 0 radical (unpaired) electrons. The number of rotatable bonds is 20. The minimum absolute atomic E-state index is 0.0262. The largest absolute Gasteiger partial charge is 0.505 e. The molecule has 0 heterocycles. The molecule has 6 rings (SSSR count). The van der Waals surface area contributed by atoms with Crippen LogP contribution >= 0.6 is 36.0 Å². The number of phenolic OH excluding ortho intramolecular Hbond substituents is 1. The van der Waals surface area contributed by atoms with Gasteiger partial charge in [0, 0.05) is 5.69 Å². The van der Waals surface area contributed by atoms with Crippen LogP contribution in [-0.2, 0) is 52.9 Å². The van der Waals surface area contributed by atoms with Crippen molar-refractivity contribution in [2.75, 3.05) is 34.3 Å². The number of sulfone groups is 1. The van der Waals surface area contributed by atoms with Crippen LogP contribution in [0.2, 0.25) is 5.02 Å². The number of benzene rings is 6. The number of hydrogen-bond donors (Lipinski definition) is 8. The van der Waals surface area contributed by atoms with Crippen LogP contribution < -0.4 is 21.9 Å². The highest BCUT2D eigenvalue weighted by Crippen LogP contribution is 2.49. The van der Waals surface area contributed by atoms with Gasteiger partial charge in [-0.3, -0.25) is 13.5 Å². The maximum Gasteiger partial charge on any atom is 0.296 e. The van der Waals surface area contributed by atoms with E-state index in [9.17, 15) is 34.9 Å². The van der Waals surface area contributed by atoms with Gasteiger partial charge in [-0.2, -0.15) is 23.8 Å². The third-order valence-electron chi connectivity index (χ3n) is 8.70. The predicted octanol–water partition coefficient (Wildman–Crippen LogP) is 9.44. The first-order valence-corrected chi connectivity index (χ1v) is 24.3. The number of aromatic hydroxyl groups is 1. The number of anilines is 4. The monoisotopic (exact) mass is 1040 g/mol. The van der Waals surface area contributed by atoms with Crippen LogP contribution in [0.4, 0.5) is 56.9 Å². The summed E-state index contributed by atoms with van der Waals surface area (Å²) in [6, 6.07) is 20.7. The summed E-state index contributed by atoms with van der Waals surface area (Å²) in [5.41, 5.74) is 18.1. The smallest absolute Gasteiger partial charge is 0.296 e. The van der Waals surface area contributed by atoms with Crippen molar-refractivity contribution >= 4 is 134 Å². The summed E-state index contributed by atoms with van der Waals surface area (Å²) in [6.07, 6.45) is 0. The van der Waals surface area contributed by atoms with E-state index in [4.69, 9.17) is 43.5 Å². The molecule has 0 aromatic heterocycles. The summed E-state index contributed by atoms with van der Waals surface area (Å²) >= 11 is 6.58. The lowest BCUT2D eigenvalue weighted by Gasteiger charge is -2.14. The van der Waals surface area contributed by atoms with Crippen molar-refractivity contribution in [2.24, 2.45) is 30.7 Å². The lowest BCUT2D eigenvalue weighted by Crippen LogP contribution is -2.12. The van der Waals surface area contributed by atoms with Crippen LogP contribution in [0.5, 0.6) is 5.75 Å². The summed E-state index contributed by atoms with van der Waals surface area (Å²) in [5, 5.41) is 59.4. The molecule has 67 heavy (non-hydrogen) atoms. The first-order valence-electron chi connectivity index (χ1n) is 18.0. The first kappa shape index (κ1) is 50.3. The molecule has 0 atom stereocenters. The van der Waals surface area contributed by atoms with Crippen LogP contribution in [0, 0.1) is 0 Å². The minimum atomic E-state index is -5.14. The molecule has 0 saturated heterocycles. The molecule has 11 N–H and O–H groups in total. The zero-order valence-electron chi connectivity index (χ0n) is 33.3. The van der Waals surface area contributed by atoms with Gasteiger partial charge in [0.15, 0.2) is 27.9 Å². The summed E-state index contributed by atoms with van der Waals surface area (Å²) in [7, 11) is -13.1. The van der Waals surface area contributed by atoms with Gasteiger partial charge in [-0.15, -0.1) is 24.0 Å². The number of phenols is 1. The summed E-state index contributed by atoms with van der Waals surface area (Å²) in [6.45, 7) is -0.324. The molecule has 0 unspecified atom stereocenters. The van der Waals surface area contributed by atoms with Crippen molar-refractivity contribution < 1.29 is 68.4 Å². The lowest BCUT2D eigenvalue weighted by molar-refractivity contribution is -0.434. The number of azo groups is 3. The van der Waals surface area contributed by atoms with E-state index in [0.717, 1.165) is 6.07 Å². The number of nitrogens with two attached hydrogens (primary N) is 3. The van der Waals surface area contributed by atoms with Crippen LogP contribution in [0.1, 0.15) is 0 Å². The zero-order chi connectivity index (χ0) is 48.5. The van der Waals surface area contributed by atoms with Gasteiger partial charge in [-0.05, 0) is 102 Å². The lowest BCUT2D eigenvalue weighted by atomic mass is 10.1. The molecule has 0 bridgehead atoms. The number of sulfonamides is 1. The second-order valence-corrected chi connectivity index (χ2v) is 19.9. The Bertz CT molecular complexity index is 3230. The highest BCUT2D eigenvalue weighted by atomic mass is 35.5. The number of fused-ring (bicyclic) bond motifs is 1. The zero-order valence-corrected chi connectivity index (χ0v) is 38.1. The molecule has 0 fully saturated rings. The molecule has 6 aromatic carbocycles. The van der Waals surface area contributed by atoms with Gasteiger partial charge >= 0.3 is 0 Å². The third-order valence-corrected chi connectivity index (χ3v) is 14.0. The topological polar surface area (TPSA) is 394 Å². The Balaban J connectivity index is 1.24. The van der Waals surface area contributed by atoms with Crippen LogP contribution in [0.25, 0.3) is 10.8 Å². The molecular formula is C36H31ClN10O15S5. The minimum Gasteiger partial charge on any atom is -0.505 e. The van der Waals surface area contributed by atoms with Crippen molar-refractivity contribution in [3.63, 3.8) is 0 Å². The van der Waals surface area contributed by atoms with E-state index in [0.29, 0.717) is 17.7 Å². The standard InChI is InChI=1S/C36H31ClN10O15S5/c37-26-17-29(28(39)18-27(26)38)44-41-20-1-3-23(4-2-20)47-66(53,54)25-11-7-22(8-12-25)43-46-35-31(67(55,56)57)16-19-15-30(63-61-59-49)34(33(40)32(19)36(35)48)45-42-21-5-9-24(10-6-21)65(51,52)14-13-58-64-62-60-50/h1-12,15-18,47-50H,13-14,38-40H2,(H,55,56,57). The maximum atomic E-state index is 13.2. The van der Waals surface area contributed by atoms with E-state index < -0.39 is 52.1 Å². The average Bonchev–Trinajstić information content (AvgIpc) is 3.28. The number of halogens is 1. The van der Waals surface area contributed by atoms with Crippen molar-refractivity contribution in [1.29, 1.82) is 0 Å². The van der Waals surface area contributed by atoms with Gasteiger partial charge in [-0.25, -0.2) is 27.4 Å². The van der Waals surface area contributed by atoms with E-state index in [-0.39, 0.29) is 94.9 Å². The third kappa shape index (κ3) is 12.7.